The van der Waals surface area contributed by atoms with Crippen molar-refractivity contribution in [2.75, 3.05) is 5.43 Å². The van der Waals surface area contributed by atoms with E-state index in [4.69, 9.17) is 11.6 Å². The number of halogens is 1. The Labute approximate surface area is 94.5 Å². The molecule has 0 fully saturated rings. The molecule has 0 bridgehead atoms. The summed E-state index contributed by atoms with van der Waals surface area (Å²) < 4.78 is 1.92. The molecule has 2 nitrogen and oxygen atoms in total. The maximum Gasteiger partial charge on any atom is 0.0659 e. The van der Waals surface area contributed by atoms with Crippen molar-refractivity contribution in [2.24, 2.45) is 0 Å². The van der Waals surface area contributed by atoms with Gasteiger partial charge in [-0.05, 0) is 30.7 Å². The molecule has 2 aromatic rings. The number of hydrogen-bond donors (Lipinski definition) is 1. The van der Waals surface area contributed by atoms with Crippen molar-refractivity contribution in [2.45, 2.75) is 13.0 Å². The summed E-state index contributed by atoms with van der Waals surface area (Å²) in [4.78, 5) is 0. The first-order valence-electron chi connectivity index (χ1n) is 4.91. The fourth-order valence-electron chi connectivity index (χ4n) is 1.54. The summed E-state index contributed by atoms with van der Waals surface area (Å²) in [6.45, 7) is 2.08. The second-order valence-corrected chi connectivity index (χ2v) is 3.87. The molecule has 78 valence electrons. The van der Waals surface area contributed by atoms with Gasteiger partial charge in [-0.2, -0.15) is 0 Å². The molecule has 0 saturated heterocycles. The first-order valence-corrected chi connectivity index (χ1v) is 5.29. The van der Waals surface area contributed by atoms with Crippen molar-refractivity contribution in [1.82, 2.24) is 4.68 Å². The van der Waals surface area contributed by atoms with Gasteiger partial charge in [0.1, 0.15) is 0 Å². The third kappa shape index (κ3) is 2.34. The van der Waals surface area contributed by atoms with Crippen LogP contribution in [-0.4, -0.2) is 4.68 Å². The second-order valence-electron chi connectivity index (χ2n) is 3.46. The number of hydrogen-bond acceptors (Lipinski definition) is 1. The summed E-state index contributed by atoms with van der Waals surface area (Å²) in [5, 5.41) is 0.796. The van der Waals surface area contributed by atoms with Gasteiger partial charge in [0.05, 0.1) is 6.04 Å². The normalized spacial score (nSPS) is 12.4. The van der Waals surface area contributed by atoms with E-state index in [0.29, 0.717) is 0 Å². The summed E-state index contributed by atoms with van der Waals surface area (Å²) in [5.74, 6) is 0. The first-order chi connectivity index (χ1) is 7.27. The van der Waals surface area contributed by atoms with Crippen molar-refractivity contribution >= 4 is 11.6 Å². The highest BCUT2D eigenvalue weighted by Crippen LogP contribution is 2.22. The van der Waals surface area contributed by atoms with Crippen molar-refractivity contribution in [3.05, 3.63) is 59.4 Å². The van der Waals surface area contributed by atoms with E-state index in [1.54, 1.807) is 0 Å². The van der Waals surface area contributed by atoms with Crippen LogP contribution in [0.1, 0.15) is 18.5 Å². The van der Waals surface area contributed by atoms with Gasteiger partial charge in [0.25, 0.3) is 0 Å². The largest absolute Gasteiger partial charge is 0.319 e. The molecule has 0 aliphatic heterocycles. The van der Waals surface area contributed by atoms with Gasteiger partial charge in [-0.1, -0.05) is 29.8 Å². The molecule has 0 saturated carbocycles. The zero-order valence-electron chi connectivity index (χ0n) is 8.52. The fourth-order valence-corrected chi connectivity index (χ4v) is 1.84. The van der Waals surface area contributed by atoms with Crippen molar-refractivity contribution in [1.29, 1.82) is 0 Å². The van der Waals surface area contributed by atoms with E-state index < -0.39 is 0 Å². The van der Waals surface area contributed by atoms with E-state index >= 15 is 0 Å². The average Bonchev–Trinajstić information content (AvgIpc) is 2.71. The van der Waals surface area contributed by atoms with E-state index in [-0.39, 0.29) is 6.04 Å². The van der Waals surface area contributed by atoms with Crippen LogP contribution >= 0.6 is 11.6 Å². The average molecular weight is 221 g/mol. The monoisotopic (exact) mass is 220 g/mol. The van der Waals surface area contributed by atoms with E-state index in [9.17, 15) is 0 Å². The molecular formula is C12H13ClN2. The summed E-state index contributed by atoms with van der Waals surface area (Å²) in [6, 6.07) is 12.0. The second kappa shape index (κ2) is 4.41. The molecule has 15 heavy (non-hydrogen) atoms. The molecule has 1 aromatic carbocycles. The lowest BCUT2D eigenvalue weighted by Crippen LogP contribution is -2.17. The van der Waals surface area contributed by atoms with Crippen LogP contribution in [0, 0.1) is 0 Å². The molecule has 1 N–H and O–H groups in total. The SMILES string of the molecule is CC(Nn1cccc1)c1ccccc1Cl. The molecule has 1 atom stereocenters. The Morgan fingerprint density at radius 2 is 1.80 bits per heavy atom. The highest BCUT2D eigenvalue weighted by Gasteiger charge is 2.07. The lowest BCUT2D eigenvalue weighted by molar-refractivity contribution is 0.728. The Morgan fingerprint density at radius 3 is 2.47 bits per heavy atom. The summed E-state index contributed by atoms with van der Waals surface area (Å²) in [6.07, 6.45) is 3.93. The lowest BCUT2D eigenvalue weighted by Gasteiger charge is -2.17. The van der Waals surface area contributed by atoms with E-state index in [0.717, 1.165) is 10.6 Å². The predicted molar refractivity (Wildman–Crippen MR) is 63.7 cm³/mol. The third-order valence-corrected chi connectivity index (χ3v) is 2.66. The Morgan fingerprint density at radius 1 is 1.13 bits per heavy atom. The fraction of sp³-hybridized carbons (Fsp3) is 0.167. The summed E-state index contributed by atoms with van der Waals surface area (Å²) in [7, 11) is 0. The number of aromatic nitrogens is 1. The van der Waals surface area contributed by atoms with Crippen molar-refractivity contribution < 1.29 is 0 Å². The molecule has 0 radical (unpaired) electrons. The standard InChI is InChI=1S/C12H13ClN2/c1-10(14-15-8-4-5-9-15)11-6-2-3-7-12(11)13/h2-10,14H,1H3. The highest BCUT2D eigenvalue weighted by molar-refractivity contribution is 6.31. The van der Waals surface area contributed by atoms with Gasteiger partial charge in [0.2, 0.25) is 0 Å². The molecule has 1 heterocycles. The van der Waals surface area contributed by atoms with E-state index in [2.05, 4.69) is 12.3 Å². The van der Waals surface area contributed by atoms with Crippen molar-refractivity contribution in [3.8, 4) is 0 Å². The minimum Gasteiger partial charge on any atom is -0.319 e. The summed E-state index contributed by atoms with van der Waals surface area (Å²) in [5.41, 5.74) is 4.42. The van der Waals surface area contributed by atoms with Gasteiger partial charge in [-0.15, -0.1) is 0 Å². The quantitative estimate of drug-likeness (QED) is 0.839. The van der Waals surface area contributed by atoms with Gasteiger partial charge in [0, 0.05) is 17.4 Å². The van der Waals surface area contributed by atoms with Crippen LogP contribution in [0.5, 0.6) is 0 Å². The predicted octanol–water partition coefficient (Wildman–Crippen LogP) is 3.45. The molecule has 0 aliphatic rings. The zero-order chi connectivity index (χ0) is 10.7. The molecule has 0 amide bonds. The van der Waals surface area contributed by atoms with Crippen molar-refractivity contribution in [3.63, 3.8) is 0 Å². The molecule has 1 aromatic heterocycles. The van der Waals surface area contributed by atoms with Gasteiger partial charge in [-0.3, -0.25) is 4.68 Å². The topological polar surface area (TPSA) is 17.0 Å². The van der Waals surface area contributed by atoms with Crippen LogP contribution in [0.25, 0.3) is 0 Å². The molecule has 3 heteroatoms. The zero-order valence-corrected chi connectivity index (χ0v) is 9.28. The van der Waals surface area contributed by atoms with Gasteiger partial charge >= 0.3 is 0 Å². The summed E-state index contributed by atoms with van der Waals surface area (Å²) >= 11 is 6.11. The van der Waals surface area contributed by atoms with Crippen LogP contribution in [-0.2, 0) is 0 Å². The van der Waals surface area contributed by atoms with Gasteiger partial charge in [0.15, 0.2) is 0 Å². The minimum absolute atomic E-state index is 0.186. The van der Waals surface area contributed by atoms with Crippen LogP contribution in [0.2, 0.25) is 5.02 Å². The Balaban J connectivity index is 2.15. The molecule has 0 aliphatic carbocycles. The van der Waals surface area contributed by atoms with E-state index in [1.807, 2.05) is 53.5 Å². The van der Waals surface area contributed by atoms with Crippen LogP contribution in [0.4, 0.5) is 0 Å². The Bertz CT molecular complexity index is 423. The van der Waals surface area contributed by atoms with Crippen LogP contribution < -0.4 is 5.43 Å². The molecule has 2 rings (SSSR count). The maximum absolute atomic E-state index is 6.11. The van der Waals surface area contributed by atoms with Crippen LogP contribution in [0.15, 0.2) is 48.8 Å². The Hall–Kier alpha value is -1.41. The third-order valence-electron chi connectivity index (χ3n) is 2.32. The smallest absolute Gasteiger partial charge is 0.0659 e. The number of nitrogens with zero attached hydrogens (tertiary/aromatic N) is 1. The number of nitrogens with one attached hydrogen (secondary N) is 1. The number of benzene rings is 1. The van der Waals surface area contributed by atoms with E-state index in [1.165, 1.54) is 0 Å². The highest BCUT2D eigenvalue weighted by atomic mass is 35.5. The van der Waals surface area contributed by atoms with Crippen LogP contribution in [0.3, 0.4) is 0 Å². The Kier molecular flexibility index (Phi) is 2.97. The number of rotatable bonds is 3. The van der Waals surface area contributed by atoms with Gasteiger partial charge in [-0.25, -0.2) is 0 Å². The maximum atomic E-state index is 6.11. The minimum atomic E-state index is 0.186. The first kappa shape index (κ1) is 10.1. The molecule has 1 unspecified atom stereocenters. The molecular weight excluding hydrogens is 208 g/mol. The van der Waals surface area contributed by atoms with Gasteiger partial charge < -0.3 is 5.43 Å². The lowest BCUT2D eigenvalue weighted by atomic mass is 10.1. The molecule has 0 spiro atoms.